The third kappa shape index (κ3) is 4.42. The monoisotopic (exact) mass is 328 g/mol. The third-order valence-electron chi connectivity index (χ3n) is 3.77. The van der Waals surface area contributed by atoms with E-state index in [0.29, 0.717) is 6.54 Å². The molecule has 0 radical (unpaired) electrons. The van der Waals surface area contributed by atoms with Crippen molar-refractivity contribution in [2.45, 2.75) is 19.3 Å². The van der Waals surface area contributed by atoms with Crippen molar-refractivity contribution >= 4 is 23.4 Å². The van der Waals surface area contributed by atoms with Crippen molar-refractivity contribution in [3.63, 3.8) is 0 Å². The van der Waals surface area contributed by atoms with E-state index < -0.39 is 11.7 Å². The first-order valence-corrected chi connectivity index (χ1v) is 7.44. The molecule has 0 unspecified atom stereocenters. The number of benzene rings is 1. The van der Waals surface area contributed by atoms with Gasteiger partial charge in [-0.1, -0.05) is 11.6 Å². The van der Waals surface area contributed by atoms with Crippen molar-refractivity contribution < 1.29 is 19.1 Å². The second kappa shape index (κ2) is 7.07. The molecule has 1 aromatic carbocycles. The number of amides is 2. The number of hydrogen-bond donors (Lipinski definition) is 3. The number of aliphatic hydroxyl groups is 1. The van der Waals surface area contributed by atoms with Crippen LogP contribution in [0.25, 0.3) is 0 Å². The van der Waals surface area contributed by atoms with Crippen LogP contribution in [-0.2, 0) is 4.79 Å². The topological polar surface area (TPSA) is 78.4 Å². The summed E-state index contributed by atoms with van der Waals surface area (Å²) < 4.78 is 12.9. The van der Waals surface area contributed by atoms with Crippen LogP contribution in [-0.4, -0.2) is 36.6 Å². The molecule has 1 saturated carbocycles. The maximum absolute atomic E-state index is 12.9. The molecule has 2 rings (SSSR count). The van der Waals surface area contributed by atoms with Gasteiger partial charge in [0.1, 0.15) is 5.82 Å². The van der Waals surface area contributed by atoms with Gasteiger partial charge >= 0.3 is 0 Å². The normalized spacial score (nSPS) is 15.2. The Morgan fingerprint density at radius 1 is 1.32 bits per heavy atom. The molecule has 5 nitrogen and oxygen atoms in total. The molecule has 1 fully saturated rings. The minimum absolute atomic E-state index is 0.0283. The number of halogens is 2. The average molecular weight is 329 g/mol. The van der Waals surface area contributed by atoms with Crippen LogP contribution in [0.2, 0.25) is 5.02 Å². The Labute approximate surface area is 132 Å². The first-order valence-electron chi connectivity index (χ1n) is 7.07. The molecule has 1 aromatic rings. The Bertz CT molecular complexity index is 576. The molecule has 0 heterocycles. The molecular formula is C15H18ClFN2O3. The fourth-order valence-electron chi connectivity index (χ4n) is 2.00. The fourth-order valence-corrected chi connectivity index (χ4v) is 2.25. The minimum Gasteiger partial charge on any atom is -0.396 e. The molecule has 0 aliphatic heterocycles. The lowest BCUT2D eigenvalue weighted by atomic mass is 10.1. The maximum Gasteiger partial charge on any atom is 0.252 e. The quantitative estimate of drug-likeness (QED) is 0.709. The highest BCUT2D eigenvalue weighted by Gasteiger charge is 2.41. The predicted molar refractivity (Wildman–Crippen MR) is 80.1 cm³/mol. The lowest BCUT2D eigenvalue weighted by molar-refractivity contribution is -0.121. The molecule has 0 spiro atoms. The first kappa shape index (κ1) is 16.7. The molecule has 0 aromatic heterocycles. The highest BCUT2D eigenvalue weighted by atomic mass is 35.5. The Kier molecular flexibility index (Phi) is 5.37. The smallest absolute Gasteiger partial charge is 0.252 e. The van der Waals surface area contributed by atoms with Crippen LogP contribution in [0.3, 0.4) is 0 Å². The van der Waals surface area contributed by atoms with Crippen molar-refractivity contribution in [2.75, 3.05) is 19.7 Å². The fraction of sp³-hybridized carbons (Fsp3) is 0.467. The van der Waals surface area contributed by atoms with Crippen LogP contribution >= 0.6 is 11.6 Å². The van der Waals surface area contributed by atoms with E-state index in [0.717, 1.165) is 25.0 Å². The maximum atomic E-state index is 12.9. The van der Waals surface area contributed by atoms with Crippen molar-refractivity contribution in [3.8, 4) is 0 Å². The number of carbonyl (C=O) groups is 2. The van der Waals surface area contributed by atoms with Gasteiger partial charge in [-0.05, 0) is 31.0 Å². The molecule has 2 amide bonds. The standard InChI is InChI=1S/C15H18ClFN2O3/c16-12-7-10(17)1-2-11(12)14(22)18-6-3-13(21)19-8-15(9-20)4-5-15/h1-2,7,20H,3-6,8-9H2,(H,18,22)(H,19,21). The zero-order valence-electron chi connectivity index (χ0n) is 12.0. The Balaban J connectivity index is 1.71. The van der Waals surface area contributed by atoms with E-state index in [2.05, 4.69) is 10.6 Å². The summed E-state index contributed by atoms with van der Waals surface area (Å²) in [6.45, 7) is 0.692. The summed E-state index contributed by atoms with van der Waals surface area (Å²) in [5, 5.41) is 14.5. The minimum atomic E-state index is -0.515. The first-order chi connectivity index (χ1) is 10.5. The number of hydrogen-bond acceptors (Lipinski definition) is 3. The summed E-state index contributed by atoms with van der Waals surface area (Å²) in [6.07, 6.45) is 1.97. The Morgan fingerprint density at radius 2 is 2.05 bits per heavy atom. The summed E-state index contributed by atoms with van der Waals surface area (Å²) in [7, 11) is 0. The third-order valence-corrected chi connectivity index (χ3v) is 4.08. The van der Waals surface area contributed by atoms with Gasteiger partial charge in [0.15, 0.2) is 0 Å². The van der Waals surface area contributed by atoms with Crippen molar-refractivity contribution in [2.24, 2.45) is 5.41 Å². The second-order valence-corrected chi connectivity index (χ2v) is 5.97. The zero-order valence-corrected chi connectivity index (χ0v) is 12.8. The summed E-state index contributed by atoms with van der Waals surface area (Å²) in [4.78, 5) is 23.5. The van der Waals surface area contributed by atoms with E-state index in [-0.39, 0.29) is 41.5 Å². The van der Waals surface area contributed by atoms with E-state index in [9.17, 15) is 14.0 Å². The van der Waals surface area contributed by atoms with E-state index in [1.165, 1.54) is 6.07 Å². The second-order valence-electron chi connectivity index (χ2n) is 5.56. The molecule has 0 atom stereocenters. The molecule has 3 N–H and O–H groups in total. The average Bonchev–Trinajstić information content (AvgIpc) is 3.25. The van der Waals surface area contributed by atoms with Crippen molar-refractivity contribution in [3.05, 3.63) is 34.6 Å². The zero-order chi connectivity index (χ0) is 16.2. The van der Waals surface area contributed by atoms with Crippen LogP contribution in [0.1, 0.15) is 29.6 Å². The van der Waals surface area contributed by atoms with E-state index in [1.54, 1.807) is 0 Å². The number of carbonyl (C=O) groups excluding carboxylic acids is 2. The van der Waals surface area contributed by atoms with Crippen LogP contribution in [0.5, 0.6) is 0 Å². The Morgan fingerprint density at radius 3 is 2.64 bits per heavy atom. The molecule has 0 bridgehead atoms. The summed E-state index contributed by atoms with van der Waals surface area (Å²) in [5.41, 5.74) is 0.0290. The van der Waals surface area contributed by atoms with E-state index >= 15 is 0 Å². The van der Waals surface area contributed by atoms with Gasteiger partial charge in [-0.2, -0.15) is 0 Å². The van der Waals surface area contributed by atoms with Gasteiger partial charge in [0.05, 0.1) is 17.2 Å². The van der Waals surface area contributed by atoms with Gasteiger partial charge < -0.3 is 15.7 Å². The van der Waals surface area contributed by atoms with Crippen LogP contribution in [0.15, 0.2) is 18.2 Å². The predicted octanol–water partition coefficient (Wildman–Crippen LogP) is 1.49. The highest BCUT2D eigenvalue weighted by molar-refractivity contribution is 6.33. The molecule has 0 saturated heterocycles. The van der Waals surface area contributed by atoms with E-state index in [4.69, 9.17) is 16.7 Å². The number of nitrogens with one attached hydrogen (secondary N) is 2. The van der Waals surface area contributed by atoms with Crippen LogP contribution in [0.4, 0.5) is 4.39 Å². The lowest BCUT2D eigenvalue weighted by Crippen LogP contribution is -2.34. The van der Waals surface area contributed by atoms with Crippen molar-refractivity contribution in [1.29, 1.82) is 0 Å². The van der Waals surface area contributed by atoms with Gasteiger partial charge in [0, 0.05) is 24.9 Å². The lowest BCUT2D eigenvalue weighted by Gasteiger charge is -2.13. The molecule has 120 valence electrons. The van der Waals surface area contributed by atoms with Gasteiger partial charge in [-0.3, -0.25) is 9.59 Å². The Hall–Kier alpha value is -1.66. The SMILES string of the molecule is O=C(CCNC(=O)c1ccc(F)cc1Cl)NCC1(CO)CC1. The summed E-state index contributed by atoms with van der Waals surface area (Å²) in [6, 6.07) is 3.51. The molecule has 1 aliphatic carbocycles. The molecule has 1 aliphatic rings. The summed E-state index contributed by atoms with van der Waals surface area (Å²) >= 11 is 5.78. The van der Waals surface area contributed by atoms with Crippen molar-refractivity contribution in [1.82, 2.24) is 10.6 Å². The highest BCUT2D eigenvalue weighted by Crippen LogP contribution is 2.44. The van der Waals surface area contributed by atoms with Gasteiger partial charge in [0.2, 0.25) is 5.91 Å². The summed E-state index contributed by atoms with van der Waals surface area (Å²) in [5.74, 6) is -1.16. The van der Waals surface area contributed by atoms with Gasteiger partial charge in [-0.25, -0.2) is 4.39 Å². The largest absolute Gasteiger partial charge is 0.396 e. The number of rotatable bonds is 7. The number of aliphatic hydroxyl groups excluding tert-OH is 1. The van der Waals surface area contributed by atoms with Crippen LogP contribution < -0.4 is 10.6 Å². The molecule has 22 heavy (non-hydrogen) atoms. The van der Waals surface area contributed by atoms with Gasteiger partial charge in [0.25, 0.3) is 5.91 Å². The van der Waals surface area contributed by atoms with Crippen LogP contribution in [0, 0.1) is 11.2 Å². The van der Waals surface area contributed by atoms with E-state index in [1.807, 2.05) is 0 Å². The molecular weight excluding hydrogens is 311 g/mol. The molecule has 7 heteroatoms. The van der Waals surface area contributed by atoms with Gasteiger partial charge in [-0.15, -0.1) is 0 Å².